The van der Waals surface area contributed by atoms with E-state index >= 15 is 0 Å². The maximum absolute atomic E-state index is 13.3. The van der Waals surface area contributed by atoms with E-state index in [9.17, 15) is 9.18 Å². The molecule has 3 atom stereocenters. The third-order valence-electron chi connectivity index (χ3n) is 6.05. The van der Waals surface area contributed by atoms with E-state index in [-0.39, 0.29) is 24.1 Å². The Labute approximate surface area is 172 Å². The van der Waals surface area contributed by atoms with Crippen LogP contribution in [-0.4, -0.2) is 36.5 Å². The molecular weight excluding hydrogens is 375 g/mol. The van der Waals surface area contributed by atoms with Gasteiger partial charge in [0, 0.05) is 37.1 Å². The average Bonchev–Trinajstić information content (AvgIpc) is 2.90. The number of rotatable bonds is 5. The van der Waals surface area contributed by atoms with E-state index < -0.39 is 0 Å². The van der Waals surface area contributed by atoms with E-state index in [0.717, 1.165) is 18.5 Å². The number of amides is 1. The summed E-state index contributed by atoms with van der Waals surface area (Å²) in [4.78, 5) is 16.7. The minimum absolute atomic E-state index is 0. The van der Waals surface area contributed by atoms with Crippen molar-refractivity contribution in [3.63, 3.8) is 0 Å². The molecule has 2 aliphatic rings. The number of nitrogens with zero attached hydrogens (tertiary/aromatic N) is 1. The van der Waals surface area contributed by atoms with E-state index in [1.807, 2.05) is 23.1 Å². The smallest absolute Gasteiger partial charge is 0.258 e. The highest BCUT2D eigenvalue weighted by molar-refractivity contribution is 5.95. The van der Waals surface area contributed by atoms with Gasteiger partial charge < -0.3 is 22.2 Å². The number of hydrogen-bond donors (Lipinski definition) is 1. The summed E-state index contributed by atoms with van der Waals surface area (Å²) >= 11 is 0. The first-order valence-corrected chi connectivity index (χ1v) is 9.77. The Kier molecular flexibility index (Phi) is 6.53. The SMILES string of the molecule is C[NH+]1C2C=C(N(CCc3ccccc3)C(=O)c3ccc(F)cc3)CC1CC2.[Cl-]. The van der Waals surface area contributed by atoms with Crippen molar-refractivity contribution in [3.05, 3.63) is 83.3 Å². The third kappa shape index (κ3) is 4.29. The molecule has 2 bridgehead atoms. The van der Waals surface area contributed by atoms with Crippen LogP contribution in [0, 0.1) is 5.82 Å². The lowest BCUT2D eigenvalue weighted by Crippen LogP contribution is -3.14. The van der Waals surface area contributed by atoms with Crippen molar-refractivity contribution >= 4 is 5.91 Å². The summed E-state index contributed by atoms with van der Waals surface area (Å²) in [5.41, 5.74) is 2.90. The molecule has 0 spiro atoms. The number of benzene rings is 2. The number of carbonyl (C=O) groups excluding carboxylic acids is 1. The molecule has 1 fully saturated rings. The maximum atomic E-state index is 13.3. The second-order valence-corrected chi connectivity index (χ2v) is 7.69. The summed E-state index contributed by atoms with van der Waals surface area (Å²) in [5, 5.41) is 0. The summed E-state index contributed by atoms with van der Waals surface area (Å²) in [7, 11) is 2.26. The monoisotopic (exact) mass is 400 g/mol. The van der Waals surface area contributed by atoms with Gasteiger partial charge in [-0.15, -0.1) is 0 Å². The summed E-state index contributed by atoms with van der Waals surface area (Å²) in [6, 6.07) is 17.2. The number of hydrogen-bond acceptors (Lipinski definition) is 1. The van der Waals surface area contributed by atoms with Gasteiger partial charge >= 0.3 is 0 Å². The highest BCUT2D eigenvalue weighted by Crippen LogP contribution is 2.26. The first kappa shape index (κ1) is 20.6. The molecule has 4 rings (SSSR count). The fraction of sp³-hybridized carbons (Fsp3) is 0.348. The fourth-order valence-corrected chi connectivity index (χ4v) is 4.38. The first-order chi connectivity index (χ1) is 13.1. The Morgan fingerprint density at radius 2 is 1.82 bits per heavy atom. The molecule has 2 aromatic rings. The zero-order valence-electron chi connectivity index (χ0n) is 16.1. The molecule has 1 N–H and O–H groups in total. The molecule has 28 heavy (non-hydrogen) atoms. The third-order valence-corrected chi connectivity index (χ3v) is 6.05. The average molecular weight is 401 g/mol. The Bertz CT molecular complexity index is 837. The quantitative estimate of drug-likeness (QED) is 0.741. The predicted molar refractivity (Wildman–Crippen MR) is 104 cm³/mol. The Morgan fingerprint density at radius 1 is 1.11 bits per heavy atom. The summed E-state index contributed by atoms with van der Waals surface area (Å²) in [6.07, 6.45) is 6.45. The van der Waals surface area contributed by atoms with E-state index in [0.29, 0.717) is 24.2 Å². The van der Waals surface area contributed by atoms with Crippen LogP contribution in [0.25, 0.3) is 0 Å². The zero-order valence-corrected chi connectivity index (χ0v) is 16.8. The molecule has 148 valence electrons. The molecule has 2 heterocycles. The van der Waals surface area contributed by atoms with Gasteiger partial charge in [-0.2, -0.15) is 0 Å². The molecule has 2 aliphatic heterocycles. The Morgan fingerprint density at radius 3 is 2.50 bits per heavy atom. The lowest BCUT2D eigenvalue weighted by atomic mass is 10.0. The van der Waals surface area contributed by atoms with Crippen LogP contribution in [0.4, 0.5) is 4.39 Å². The fourth-order valence-electron chi connectivity index (χ4n) is 4.38. The van der Waals surface area contributed by atoms with Crippen molar-refractivity contribution < 1.29 is 26.5 Å². The maximum Gasteiger partial charge on any atom is 0.258 e. The molecular formula is C23H26ClFN2O. The molecule has 5 heteroatoms. The molecule has 0 saturated carbocycles. The number of halogens is 2. The highest BCUT2D eigenvalue weighted by atomic mass is 35.5. The van der Waals surface area contributed by atoms with Crippen molar-refractivity contribution in [2.75, 3.05) is 13.6 Å². The Hall–Kier alpha value is -2.17. The van der Waals surface area contributed by atoms with Crippen LogP contribution >= 0.6 is 0 Å². The zero-order chi connectivity index (χ0) is 18.8. The lowest BCUT2D eigenvalue weighted by Gasteiger charge is -2.33. The van der Waals surface area contributed by atoms with Crippen LogP contribution < -0.4 is 17.3 Å². The molecule has 0 aliphatic carbocycles. The molecule has 2 aromatic carbocycles. The van der Waals surface area contributed by atoms with Crippen molar-refractivity contribution in [2.24, 2.45) is 0 Å². The molecule has 0 aromatic heterocycles. The van der Waals surface area contributed by atoms with Gasteiger partial charge in [0.1, 0.15) is 11.9 Å². The van der Waals surface area contributed by atoms with Crippen LogP contribution in [0.1, 0.15) is 35.2 Å². The van der Waals surface area contributed by atoms with Gasteiger partial charge in [-0.1, -0.05) is 30.3 Å². The van der Waals surface area contributed by atoms with E-state index in [4.69, 9.17) is 0 Å². The molecule has 1 saturated heterocycles. The van der Waals surface area contributed by atoms with Gasteiger partial charge in [0.2, 0.25) is 0 Å². The van der Waals surface area contributed by atoms with E-state index in [1.54, 1.807) is 17.0 Å². The second kappa shape index (κ2) is 8.89. The normalized spacial score (nSPS) is 22.9. The molecule has 3 unspecified atom stereocenters. The van der Waals surface area contributed by atoms with Crippen molar-refractivity contribution in [1.29, 1.82) is 0 Å². The number of fused-ring (bicyclic) bond motifs is 2. The number of carbonyl (C=O) groups is 1. The number of quaternary nitrogens is 1. The summed E-state index contributed by atoms with van der Waals surface area (Å²) in [6.45, 7) is 0.643. The van der Waals surface area contributed by atoms with Crippen LogP contribution in [0.15, 0.2) is 66.4 Å². The standard InChI is InChI=1S/C23H25FN2O.ClH/c1-25-20-11-12-21(25)16-22(15-20)26(14-13-17-5-3-2-4-6-17)23(27)18-7-9-19(24)10-8-18;/h2-10,15,20-21H,11-14,16H2,1H3;1H. The van der Waals surface area contributed by atoms with Crippen molar-refractivity contribution in [3.8, 4) is 0 Å². The molecule has 0 radical (unpaired) electrons. The van der Waals surface area contributed by atoms with Crippen LogP contribution in [0.5, 0.6) is 0 Å². The lowest BCUT2D eigenvalue weighted by molar-refractivity contribution is -0.912. The number of nitrogens with one attached hydrogen (secondary N) is 1. The van der Waals surface area contributed by atoms with Gasteiger partial charge in [0.05, 0.1) is 13.1 Å². The topological polar surface area (TPSA) is 24.8 Å². The molecule has 1 amide bonds. The van der Waals surface area contributed by atoms with Gasteiger partial charge in [0.15, 0.2) is 0 Å². The van der Waals surface area contributed by atoms with Gasteiger partial charge in [-0.05, 0) is 42.3 Å². The number of likely N-dealkylation sites (N-methyl/N-ethyl adjacent to an activating group) is 1. The van der Waals surface area contributed by atoms with Gasteiger partial charge in [0.25, 0.3) is 5.91 Å². The molecule has 3 nitrogen and oxygen atoms in total. The van der Waals surface area contributed by atoms with E-state index in [2.05, 4.69) is 25.3 Å². The van der Waals surface area contributed by atoms with Gasteiger partial charge in [-0.3, -0.25) is 4.79 Å². The minimum atomic E-state index is -0.317. The van der Waals surface area contributed by atoms with Gasteiger partial charge in [-0.25, -0.2) is 4.39 Å². The minimum Gasteiger partial charge on any atom is -1.00 e. The van der Waals surface area contributed by atoms with Crippen molar-refractivity contribution in [2.45, 2.75) is 37.8 Å². The first-order valence-electron chi connectivity index (χ1n) is 9.77. The van der Waals surface area contributed by atoms with Crippen LogP contribution in [0.2, 0.25) is 0 Å². The highest BCUT2D eigenvalue weighted by Gasteiger charge is 2.40. The van der Waals surface area contributed by atoms with Crippen molar-refractivity contribution in [1.82, 2.24) is 4.90 Å². The largest absolute Gasteiger partial charge is 1.00 e. The van der Waals surface area contributed by atoms with E-state index in [1.165, 1.54) is 30.5 Å². The summed E-state index contributed by atoms with van der Waals surface area (Å²) in [5.74, 6) is -0.348. The van der Waals surface area contributed by atoms with Crippen LogP contribution in [-0.2, 0) is 6.42 Å². The van der Waals surface area contributed by atoms with Crippen LogP contribution in [0.3, 0.4) is 0 Å². The summed E-state index contributed by atoms with van der Waals surface area (Å²) < 4.78 is 13.3. The predicted octanol–water partition coefficient (Wildman–Crippen LogP) is -0.152. The second-order valence-electron chi connectivity index (χ2n) is 7.69. The Balaban J connectivity index is 0.00000225.